The number of phosphoric ester groups is 1. The number of nitrogens with zero attached hydrogens (tertiary/aromatic N) is 1. The summed E-state index contributed by atoms with van der Waals surface area (Å²) in [6.45, 7) is 10.1. The van der Waals surface area contributed by atoms with E-state index in [1.54, 1.807) is 0 Å². The lowest BCUT2D eigenvalue weighted by Gasteiger charge is -2.51. The van der Waals surface area contributed by atoms with E-state index in [0.29, 0.717) is 12.8 Å². The van der Waals surface area contributed by atoms with Crippen molar-refractivity contribution in [2.24, 2.45) is 0 Å². The van der Waals surface area contributed by atoms with E-state index in [0.717, 1.165) is 19.3 Å². The summed E-state index contributed by atoms with van der Waals surface area (Å²) in [4.78, 5) is 10.1. The summed E-state index contributed by atoms with van der Waals surface area (Å²) < 4.78 is 22.9. The quantitative estimate of drug-likeness (QED) is 0.248. The van der Waals surface area contributed by atoms with E-state index >= 15 is 0 Å². The summed E-state index contributed by atoms with van der Waals surface area (Å²) in [6, 6.07) is 0. The van der Waals surface area contributed by atoms with Crippen LogP contribution in [0.1, 0.15) is 112 Å². The zero-order valence-electron chi connectivity index (χ0n) is 18.8. The molecule has 2 N–H and O–H groups in total. The topological polar surface area (TPSA) is 79.2 Å². The lowest BCUT2D eigenvalue weighted by atomic mass is 9.80. The van der Waals surface area contributed by atoms with Gasteiger partial charge in [0.15, 0.2) is 0 Å². The van der Waals surface area contributed by atoms with Gasteiger partial charge in [-0.05, 0) is 47.0 Å². The van der Waals surface area contributed by atoms with E-state index in [9.17, 15) is 14.7 Å². The van der Waals surface area contributed by atoms with Crippen LogP contribution in [0.25, 0.3) is 0 Å². The van der Waals surface area contributed by atoms with Gasteiger partial charge in [0.05, 0.1) is 12.7 Å². The van der Waals surface area contributed by atoms with Crippen LogP contribution < -0.4 is 0 Å². The van der Waals surface area contributed by atoms with Crippen LogP contribution in [0.4, 0.5) is 0 Å². The molecule has 1 saturated heterocycles. The molecule has 0 bridgehead atoms. The third kappa shape index (κ3) is 9.69. The van der Waals surface area contributed by atoms with Crippen molar-refractivity contribution < 1.29 is 23.7 Å². The summed E-state index contributed by atoms with van der Waals surface area (Å²) in [7, 11) is -4.07. The maximum absolute atomic E-state index is 12.3. The summed E-state index contributed by atoms with van der Waals surface area (Å²) in [5, 5.41) is 11.6. The Morgan fingerprint density at radius 3 is 1.79 bits per heavy atom. The molecule has 1 heterocycles. The molecule has 0 amide bonds. The second-order valence-electron chi connectivity index (χ2n) is 9.56. The molecular weight excluding hydrogens is 377 g/mol. The van der Waals surface area contributed by atoms with Crippen molar-refractivity contribution in [3.63, 3.8) is 0 Å². The van der Waals surface area contributed by atoms with E-state index in [4.69, 9.17) is 9.05 Å². The molecule has 0 aliphatic carbocycles. The summed E-state index contributed by atoms with van der Waals surface area (Å²) >= 11 is 0. The van der Waals surface area contributed by atoms with E-state index in [1.807, 2.05) is 27.7 Å². The van der Waals surface area contributed by atoms with Gasteiger partial charge in [0.25, 0.3) is 0 Å². The van der Waals surface area contributed by atoms with Crippen molar-refractivity contribution in [3.8, 4) is 0 Å². The molecule has 0 radical (unpaired) electrons. The predicted octanol–water partition coefficient (Wildman–Crippen LogP) is 6.45. The van der Waals surface area contributed by atoms with Crippen LogP contribution in [0.3, 0.4) is 0 Å². The molecule has 1 fully saturated rings. The van der Waals surface area contributed by atoms with Crippen LogP contribution in [0, 0.1) is 0 Å². The van der Waals surface area contributed by atoms with Crippen molar-refractivity contribution in [2.75, 3.05) is 6.61 Å². The van der Waals surface area contributed by atoms with Crippen LogP contribution in [-0.2, 0) is 13.6 Å². The van der Waals surface area contributed by atoms with Crippen molar-refractivity contribution in [1.82, 2.24) is 5.06 Å². The number of hydroxylamine groups is 2. The first kappa shape index (κ1) is 26.1. The van der Waals surface area contributed by atoms with Gasteiger partial charge >= 0.3 is 7.82 Å². The Hall–Kier alpha value is 0.0300. The molecule has 168 valence electrons. The van der Waals surface area contributed by atoms with Crippen molar-refractivity contribution in [1.29, 1.82) is 0 Å². The van der Waals surface area contributed by atoms with Gasteiger partial charge in [-0.1, -0.05) is 64.7 Å². The molecule has 6 nitrogen and oxygen atoms in total. The first-order valence-corrected chi connectivity index (χ1v) is 12.6. The summed E-state index contributed by atoms with van der Waals surface area (Å²) in [5.74, 6) is 0. The monoisotopic (exact) mass is 421 g/mol. The highest BCUT2D eigenvalue weighted by Crippen LogP contribution is 2.49. The average Bonchev–Trinajstić information content (AvgIpc) is 2.56. The Balaban J connectivity index is 2.19. The van der Waals surface area contributed by atoms with E-state index in [1.165, 1.54) is 50.0 Å². The van der Waals surface area contributed by atoms with Gasteiger partial charge in [-0.25, -0.2) is 4.57 Å². The third-order valence-corrected chi connectivity index (χ3v) is 6.71. The fourth-order valence-electron chi connectivity index (χ4n) is 4.24. The minimum atomic E-state index is -4.07. The Kier molecular flexibility index (Phi) is 11.2. The van der Waals surface area contributed by atoms with Crippen molar-refractivity contribution in [2.45, 2.75) is 129 Å². The minimum Gasteiger partial charge on any atom is -0.313 e. The Morgan fingerprint density at radius 2 is 1.32 bits per heavy atom. The van der Waals surface area contributed by atoms with Crippen molar-refractivity contribution >= 4 is 7.82 Å². The van der Waals surface area contributed by atoms with E-state index in [-0.39, 0.29) is 6.61 Å². The lowest BCUT2D eigenvalue weighted by molar-refractivity contribution is -0.255. The van der Waals surface area contributed by atoms with Crippen LogP contribution >= 0.6 is 7.82 Å². The normalized spacial score (nSPS) is 22.2. The molecule has 0 saturated carbocycles. The largest absolute Gasteiger partial charge is 0.472 e. The Morgan fingerprint density at radius 1 is 0.893 bits per heavy atom. The summed E-state index contributed by atoms with van der Waals surface area (Å²) in [5.41, 5.74) is -1.05. The molecule has 1 unspecified atom stereocenters. The number of hydrogen-bond donors (Lipinski definition) is 2. The van der Waals surface area contributed by atoms with Gasteiger partial charge < -0.3 is 10.1 Å². The molecule has 0 aromatic heterocycles. The van der Waals surface area contributed by atoms with Crippen molar-refractivity contribution in [3.05, 3.63) is 0 Å². The van der Waals surface area contributed by atoms with Gasteiger partial charge in [0.1, 0.15) is 0 Å². The van der Waals surface area contributed by atoms with Gasteiger partial charge in [0.2, 0.25) is 0 Å². The molecule has 1 rings (SSSR count). The Bertz CT molecular complexity index is 465. The van der Waals surface area contributed by atoms with E-state index < -0.39 is 25.0 Å². The highest BCUT2D eigenvalue weighted by molar-refractivity contribution is 7.47. The fraction of sp³-hybridized carbons (Fsp3) is 1.00. The van der Waals surface area contributed by atoms with Crippen LogP contribution in [-0.4, -0.2) is 39.0 Å². The smallest absolute Gasteiger partial charge is 0.313 e. The molecule has 0 aromatic rings. The number of rotatable bonds is 14. The third-order valence-electron chi connectivity index (χ3n) is 5.64. The highest BCUT2D eigenvalue weighted by atomic mass is 31.2. The molecule has 28 heavy (non-hydrogen) atoms. The average molecular weight is 422 g/mol. The maximum Gasteiger partial charge on any atom is 0.472 e. The molecule has 1 atom stereocenters. The van der Waals surface area contributed by atoms with Crippen LogP contribution in [0.5, 0.6) is 0 Å². The second-order valence-corrected chi connectivity index (χ2v) is 11.0. The fourth-order valence-corrected chi connectivity index (χ4v) is 5.19. The predicted molar refractivity (Wildman–Crippen MR) is 114 cm³/mol. The minimum absolute atomic E-state index is 0.246. The van der Waals surface area contributed by atoms with Gasteiger partial charge in [-0.15, -0.1) is 0 Å². The van der Waals surface area contributed by atoms with E-state index in [2.05, 4.69) is 6.92 Å². The molecule has 0 spiro atoms. The van der Waals surface area contributed by atoms with Crippen LogP contribution in [0.15, 0.2) is 0 Å². The second kappa shape index (κ2) is 12.0. The number of unbranched alkanes of at least 4 members (excludes halogenated alkanes) is 9. The molecule has 1 aliphatic heterocycles. The first-order chi connectivity index (χ1) is 13.0. The molecule has 0 aromatic carbocycles. The first-order valence-electron chi connectivity index (χ1n) is 11.2. The lowest BCUT2D eigenvalue weighted by Crippen LogP contribution is -2.60. The zero-order chi connectivity index (χ0) is 21.3. The van der Waals surface area contributed by atoms with Gasteiger partial charge in [-0.2, -0.15) is 5.06 Å². The standard InChI is InChI=1S/C21H44NO5P/c1-6-7-8-9-10-11-12-13-14-15-16-26-28(24,25)27-19-17-20(2,3)22(23)21(4,5)18-19/h19,23H,6-18H2,1-5H3,(H,24,25). The highest BCUT2D eigenvalue weighted by Gasteiger charge is 2.47. The van der Waals surface area contributed by atoms with Gasteiger partial charge in [0, 0.05) is 11.1 Å². The number of phosphoric acid groups is 1. The zero-order valence-corrected chi connectivity index (χ0v) is 19.7. The molecular formula is C21H44NO5P. The van der Waals surface area contributed by atoms with Gasteiger partial charge in [-0.3, -0.25) is 9.05 Å². The Labute approximate surface area is 172 Å². The maximum atomic E-state index is 12.3. The summed E-state index contributed by atoms with van der Waals surface area (Å²) in [6.07, 6.45) is 12.6. The molecule has 7 heteroatoms. The SMILES string of the molecule is CCCCCCCCCCCCOP(=O)(O)OC1CC(C)(C)N(O)C(C)(C)C1. The molecule has 1 aliphatic rings. The van der Waals surface area contributed by atoms with Crippen LogP contribution in [0.2, 0.25) is 0 Å². The number of piperidine rings is 1. The number of hydrogen-bond acceptors (Lipinski definition) is 5.